The SMILES string of the molecule is C[C@H]1CC(=O)N(Cc2c(F)cccc2Cl)c2ccccc2N1. The Kier molecular flexibility index (Phi) is 4.03. The number of benzene rings is 2. The Morgan fingerprint density at radius 1 is 1.27 bits per heavy atom. The molecule has 2 aromatic carbocycles. The molecule has 3 rings (SSSR count). The van der Waals surface area contributed by atoms with E-state index in [4.69, 9.17) is 11.6 Å². The lowest BCUT2D eigenvalue weighted by molar-refractivity contribution is -0.118. The minimum absolute atomic E-state index is 0.0229. The zero-order valence-electron chi connectivity index (χ0n) is 12.1. The monoisotopic (exact) mass is 318 g/mol. The Balaban J connectivity index is 2.03. The molecule has 22 heavy (non-hydrogen) atoms. The normalized spacial score (nSPS) is 17.7. The van der Waals surface area contributed by atoms with Crippen LogP contribution in [0.25, 0.3) is 0 Å². The highest BCUT2D eigenvalue weighted by atomic mass is 35.5. The van der Waals surface area contributed by atoms with Gasteiger partial charge in [-0.1, -0.05) is 29.8 Å². The van der Waals surface area contributed by atoms with Gasteiger partial charge in [0.1, 0.15) is 5.82 Å². The maximum Gasteiger partial charge on any atom is 0.229 e. The highest BCUT2D eigenvalue weighted by Gasteiger charge is 2.26. The summed E-state index contributed by atoms with van der Waals surface area (Å²) in [5, 5.41) is 3.64. The van der Waals surface area contributed by atoms with Gasteiger partial charge in [-0.25, -0.2) is 4.39 Å². The Bertz CT molecular complexity index is 699. The summed E-state index contributed by atoms with van der Waals surface area (Å²) in [4.78, 5) is 14.1. The molecule has 0 unspecified atom stereocenters. The second-order valence-electron chi connectivity index (χ2n) is 5.45. The van der Waals surface area contributed by atoms with Crippen molar-refractivity contribution in [2.45, 2.75) is 25.9 Å². The molecule has 114 valence electrons. The molecule has 0 radical (unpaired) electrons. The van der Waals surface area contributed by atoms with E-state index < -0.39 is 5.82 Å². The Labute approximate surface area is 133 Å². The van der Waals surface area contributed by atoms with E-state index in [1.54, 1.807) is 17.0 Å². The highest BCUT2D eigenvalue weighted by molar-refractivity contribution is 6.31. The van der Waals surface area contributed by atoms with Crippen LogP contribution in [0.5, 0.6) is 0 Å². The molecule has 1 heterocycles. The second kappa shape index (κ2) is 5.97. The van der Waals surface area contributed by atoms with E-state index in [-0.39, 0.29) is 18.5 Å². The fourth-order valence-corrected chi connectivity index (χ4v) is 2.89. The molecular formula is C17H16ClFN2O. The van der Waals surface area contributed by atoms with Crippen molar-refractivity contribution in [3.05, 3.63) is 58.9 Å². The molecule has 0 saturated carbocycles. The summed E-state index contributed by atoms with van der Waals surface area (Å²) in [6, 6.07) is 12.1. The van der Waals surface area contributed by atoms with Crippen molar-refractivity contribution in [1.29, 1.82) is 0 Å². The number of halogens is 2. The highest BCUT2D eigenvalue weighted by Crippen LogP contribution is 2.33. The predicted octanol–water partition coefficient (Wildman–Crippen LogP) is 4.22. The number of amides is 1. The number of nitrogens with one attached hydrogen (secondary N) is 1. The summed E-state index contributed by atoms with van der Waals surface area (Å²) in [6.45, 7) is 2.07. The van der Waals surface area contributed by atoms with Crippen molar-refractivity contribution in [2.75, 3.05) is 10.2 Å². The fourth-order valence-electron chi connectivity index (χ4n) is 2.67. The number of hydrogen-bond acceptors (Lipinski definition) is 2. The molecule has 0 spiro atoms. The lowest BCUT2D eigenvalue weighted by Gasteiger charge is -2.23. The third-order valence-electron chi connectivity index (χ3n) is 3.76. The van der Waals surface area contributed by atoms with E-state index >= 15 is 0 Å². The van der Waals surface area contributed by atoms with Crippen LogP contribution in [-0.4, -0.2) is 11.9 Å². The van der Waals surface area contributed by atoms with Crippen LogP contribution in [0.2, 0.25) is 5.02 Å². The Morgan fingerprint density at radius 2 is 2.05 bits per heavy atom. The molecule has 0 aromatic heterocycles. The molecule has 1 aliphatic heterocycles. The van der Waals surface area contributed by atoms with Gasteiger partial charge in [0.25, 0.3) is 0 Å². The molecule has 3 nitrogen and oxygen atoms in total. The van der Waals surface area contributed by atoms with Gasteiger partial charge in [0.2, 0.25) is 5.91 Å². The number of fused-ring (bicyclic) bond motifs is 1. The number of anilines is 2. The number of carbonyl (C=O) groups excluding carboxylic acids is 1. The van der Waals surface area contributed by atoms with Crippen molar-refractivity contribution in [1.82, 2.24) is 0 Å². The van der Waals surface area contributed by atoms with Crippen LogP contribution in [-0.2, 0) is 11.3 Å². The van der Waals surface area contributed by atoms with Crippen LogP contribution in [0.15, 0.2) is 42.5 Å². The van der Waals surface area contributed by atoms with Crippen LogP contribution in [0.4, 0.5) is 15.8 Å². The third-order valence-corrected chi connectivity index (χ3v) is 4.11. The summed E-state index contributed by atoms with van der Waals surface area (Å²) in [5.41, 5.74) is 1.95. The lowest BCUT2D eigenvalue weighted by Crippen LogP contribution is -2.31. The van der Waals surface area contributed by atoms with Gasteiger partial charge in [-0.2, -0.15) is 0 Å². The van der Waals surface area contributed by atoms with E-state index in [0.29, 0.717) is 17.0 Å². The van der Waals surface area contributed by atoms with E-state index in [2.05, 4.69) is 5.32 Å². The van der Waals surface area contributed by atoms with Gasteiger partial charge in [0.05, 0.1) is 17.9 Å². The maximum atomic E-state index is 14.0. The number of carbonyl (C=O) groups is 1. The third kappa shape index (κ3) is 2.79. The largest absolute Gasteiger partial charge is 0.380 e. The van der Waals surface area contributed by atoms with Crippen molar-refractivity contribution in [3.63, 3.8) is 0 Å². The van der Waals surface area contributed by atoms with Gasteiger partial charge in [0.15, 0.2) is 0 Å². The smallest absolute Gasteiger partial charge is 0.229 e. The first kappa shape index (κ1) is 14.9. The molecule has 1 atom stereocenters. The lowest BCUT2D eigenvalue weighted by atomic mass is 10.1. The topological polar surface area (TPSA) is 32.3 Å². The van der Waals surface area contributed by atoms with Crippen LogP contribution in [0.1, 0.15) is 18.9 Å². The van der Waals surface area contributed by atoms with E-state index in [0.717, 1.165) is 11.4 Å². The van der Waals surface area contributed by atoms with Gasteiger partial charge in [-0.05, 0) is 31.2 Å². The average Bonchev–Trinajstić information content (AvgIpc) is 2.59. The zero-order valence-corrected chi connectivity index (χ0v) is 12.9. The van der Waals surface area contributed by atoms with Gasteiger partial charge in [0, 0.05) is 23.0 Å². The zero-order chi connectivity index (χ0) is 15.7. The number of para-hydroxylation sites is 2. The summed E-state index contributed by atoms with van der Waals surface area (Å²) < 4.78 is 14.0. The Morgan fingerprint density at radius 3 is 2.82 bits per heavy atom. The first-order valence-corrected chi connectivity index (χ1v) is 7.53. The van der Waals surface area contributed by atoms with E-state index in [1.807, 2.05) is 31.2 Å². The average molecular weight is 319 g/mol. The van der Waals surface area contributed by atoms with Crippen molar-refractivity contribution < 1.29 is 9.18 Å². The van der Waals surface area contributed by atoms with Crippen molar-refractivity contribution in [3.8, 4) is 0 Å². The quantitative estimate of drug-likeness (QED) is 0.899. The minimum Gasteiger partial charge on any atom is -0.380 e. The minimum atomic E-state index is -0.400. The van der Waals surface area contributed by atoms with E-state index in [1.165, 1.54) is 6.07 Å². The summed E-state index contributed by atoms with van der Waals surface area (Å²) >= 11 is 6.10. The molecule has 0 aliphatic carbocycles. The second-order valence-corrected chi connectivity index (χ2v) is 5.85. The number of rotatable bonds is 2. The molecule has 1 aliphatic rings. The molecule has 0 saturated heterocycles. The first-order chi connectivity index (χ1) is 10.6. The predicted molar refractivity (Wildman–Crippen MR) is 86.7 cm³/mol. The van der Waals surface area contributed by atoms with Crippen LogP contribution >= 0.6 is 11.6 Å². The molecule has 5 heteroatoms. The first-order valence-electron chi connectivity index (χ1n) is 7.15. The fraction of sp³-hybridized carbons (Fsp3) is 0.235. The molecular weight excluding hydrogens is 303 g/mol. The molecule has 2 aromatic rings. The van der Waals surface area contributed by atoms with Crippen molar-refractivity contribution >= 4 is 28.9 Å². The molecule has 1 N–H and O–H groups in total. The maximum absolute atomic E-state index is 14.0. The van der Waals surface area contributed by atoms with Gasteiger partial charge < -0.3 is 10.2 Å². The van der Waals surface area contributed by atoms with Gasteiger partial charge >= 0.3 is 0 Å². The van der Waals surface area contributed by atoms with Crippen LogP contribution in [0, 0.1) is 5.82 Å². The summed E-state index contributed by atoms with van der Waals surface area (Å²) in [6.07, 6.45) is 0.348. The standard InChI is InChI=1S/C17H16ClFN2O/c1-11-9-17(22)21(16-8-3-2-7-15(16)20-11)10-12-13(18)5-4-6-14(12)19/h2-8,11,20H,9-10H2,1H3/t11-/m0/s1. The molecule has 0 bridgehead atoms. The number of hydrogen-bond donors (Lipinski definition) is 1. The Hall–Kier alpha value is -2.07. The number of nitrogens with zero attached hydrogens (tertiary/aromatic N) is 1. The van der Waals surface area contributed by atoms with E-state index in [9.17, 15) is 9.18 Å². The van der Waals surface area contributed by atoms with Gasteiger partial charge in [-0.15, -0.1) is 0 Å². The van der Waals surface area contributed by atoms with Crippen molar-refractivity contribution in [2.24, 2.45) is 0 Å². The van der Waals surface area contributed by atoms with Gasteiger partial charge in [-0.3, -0.25) is 4.79 Å². The van der Waals surface area contributed by atoms with Crippen LogP contribution in [0.3, 0.4) is 0 Å². The summed E-state index contributed by atoms with van der Waals surface area (Å²) in [5.74, 6) is -0.452. The molecule has 0 fully saturated rings. The van der Waals surface area contributed by atoms with Crippen LogP contribution < -0.4 is 10.2 Å². The molecule has 1 amide bonds. The summed E-state index contributed by atoms with van der Waals surface area (Å²) in [7, 11) is 0.